The summed E-state index contributed by atoms with van der Waals surface area (Å²) in [5, 5.41) is 1.90. The van der Waals surface area contributed by atoms with Gasteiger partial charge in [-0.05, 0) is 59.4 Å². The van der Waals surface area contributed by atoms with Crippen molar-refractivity contribution in [3.8, 4) is 0 Å². The molecule has 114 valence electrons. The number of hydrogen-bond donors (Lipinski definition) is 0. The predicted molar refractivity (Wildman–Crippen MR) is 86.3 cm³/mol. The maximum absolute atomic E-state index is 13.6. The molecule has 7 heteroatoms. The third-order valence-corrected chi connectivity index (χ3v) is 6.49. The lowest BCUT2D eigenvalue weighted by atomic mass is 10.3. The molecule has 0 spiro atoms. The maximum atomic E-state index is 13.6. The van der Waals surface area contributed by atoms with Gasteiger partial charge in [0.15, 0.2) is 0 Å². The van der Waals surface area contributed by atoms with Crippen LogP contribution in [0.1, 0.15) is 18.7 Å². The average molecular weight is 392 g/mol. The number of sulfonamides is 1. The maximum Gasteiger partial charge on any atom is 0.243 e. The highest BCUT2D eigenvalue weighted by Gasteiger charge is 2.28. The average Bonchev–Trinajstić information content (AvgIpc) is 2.91. The summed E-state index contributed by atoms with van der Waals surface area (Å²) < 4.78 is 40.7. The van der Waals surface area contributed by atoms with Crippen molar-refractivity contribution < 1.29 is 12.8 Å². The predicted octanol–water partition coefficient (Wildman–Crippen LogP) is 4.25. The monoisotopic (exact) mass is 391 g/mol. The van der Waals surface area contributed by atoms with E-state index in [1.54, 1.807) is 13.8 Å². The first kappa shape index (κ1) is 16.6. The molecule has 1 heterocycles. The summed E-state index contributed by atoms with van der Waals surface area (Å²) in [5.41, 5.74) is 0. The summed E-state index contributed by atoms with van der Waals surface area (Å²) in [4.78, 5) is 0.915. The molecule has 0 fully saturated rings. The normalized spacial score (nSPS) is 12.3. The van der Waals surface area contributed by atoms with Crippen molar-refractivity contribution in [1.29, 1.82) is 0 Å². The molecule has 0 bridgehead atoms. The summed E-state index contributed by atoms with van der Waals surface area (Å²) in [5.74, 6) is -0.587. The first-order chi connectivity index (χ1) is 9.82. The van der Waals surface area contributed by atoms with E-state index in [2.05, 4.69) is 15.9 Å². The van der Waals surface area contributed by atoms with Crippen molar-refractivity contribution >= 4 is 37.3 Å². The minimum atomic E-state index is -3.74. The van der Waals surface area contributed by atoms with E-state index >= 15 is 0 Å². The molecule has 0 N–H and O–H groups in total. The Morgan fingerprint density at radius 2 is 2.05 bits per heavy atom. The topological polar surface area (TPSA) is 37.4 Å². The van der Waals surface area contributed by atoms with Crippen LogP contribution in [-0.4, -0.2) is 18.8 Å². The van der Waals surface area contributed by atoms with Crippen LogP contribution in [0.15, 0.2) is 45.1 Å². The van der Waals surface area contributed by atoms with E-state index < -0.39 is 15.8 Å². The van der Waals surface area contributed by atoms with Gasteiger partial charge in [0.25, 0.3) is 0 Å². The third kappa shape index (κ3) is 3.71. The molecule has 0 aliphatic carbocycles. The largest absolute Gasteiger partial charge is 0.243 e. The molecule has 1 aromatic heterocycles. The Balaban J connectivity index is 2.39. The van der Waals surface area contributed by atoms with Crippen LogP contribution in [0, 0.1) is 5.82 Å². The summed E-state index contributed by atoms with van der Waals surface area (Å²) in [6.07, 6.45) is 0. The Hall–Kier alpha value is -0.760. The standard InChI is InChI=1S/C14H15BrFNO2S2/c1-10(2)17(9-11-4-3-7-20-11)21(18,19)12-5-6-13(15)14(16)8-12/h3-8,10H,9H2,1-2H3. The van der Waals surface area contributed by atoms with Crippen LogP contribution in [-0.2, 0) is 16.6 Å². The molecule has 2 aromatic rings. The number of rotatable bonds is 5. The van der Waals surface area contributed by atoms with Gasteiger partial charge in [0.2, 0.25) is 10.0 Å². The zero-order chi connectivity index (χ0) is 15.6. The first-order valence-corrected chi connectivity index (χ1v) is 9.43. The van der Waals surface area contributed by atoms with Gasteiger partial charge in [-0.1, -0.05) is 6.07 Å². The Bertz CT molecular complexity index is 715. The Kier molecular flexibility index (Phi) is 5.19. The van der Waals surface area contributed by atoms with E-state index in [1.807, 2.05) is 17.5 Å². The van der Waals surface area contributed by atoms with Gasteiger partial charge in [0, 0.05) is 17.5 Å². The molecule has 0 aliphatic rings. The van der Waals surface area contributed by atoms with Gasteiger partial charge in [0.1, 0.15) is 5.82 Å². The van der Waals surface area contributed by atoms with E-state index in [0.717, 1.165) is 10.9 Å². The summed E-state index contributed by atoms with van der Waals surface area (Å²) in [6.45, 7) is 3.90. The lowest BCUT2D eigenvalue weighted by Crippen LogP contribution is -2.36. The fourth-order valence-corrected chi connectivity index (χ4v) is 4.53. The highest BCUT2D eigenvalue weighted by molar-refractivity contribution is 9.10. The fourth-order valence-electron chi connectivity index (χ4n) is 1.87. The van der Waals surface area contributed by atoms with Gasteiger partial charge in [-0.15, -0.1) is 11.3 Å². The van der Waals surface area contributed by atoms with Gasteiger partial charge in [-0.25, -0.2) is 12.8 Å². The highest BCUT2D eigenvalue weighted by atomic mass is 79.9. The van der Waals surface area contributed by atoms with Crippen LogP contribution >= 0.6 is 27.3 Å². The molecule has 0 amide bonds. The molecule has 0 saturated carbocycles. The molecular weight excluding hydrogens is 377 g/mol. The second kappa shape index (κ2) is 6.56. The molecule has 0 saturated heterocycles. The highest BCUT2D eigenvalue weighted by Crippen LogP contribution is 2.25. The summed E-state index contributed by atoms with van der Waals surface area (Å²) in [6, 6.07) is 7.41. The van der Waals surface area contributed by atoms with E-state index in [9.17, 15) is 12.8 Å². The molecular formula is C14H15BrFNO2S2. The second-order valence-corrected chi connectivity index (χ2v) is 8.58. The second-order valence-electron chi connectivity index (χ2n) is 4.80. The molecule has 0 atom stereocenters. The minimum absolute atomic E-state index is 0.0338. The van der Waals surface area contributed by atoms with Gasteiger partial charge < -0.3 is 0 Å². The Morgan fingerprint density at radius 1 is 1.33 bits per heavy atom. The van der Waals surface area contributed by atoms with Crippen molar-refractivity contribution in [3.05, 3.63) is 50.9 Å². The fraction of sp³-hybridized carbons (Fsp3) is 0.286. The van der Waals surface area contributed by atoms with E-state index in [4.69, 9.17) is 0 Å². The van der Waals surface area contributed by atoms with Crippen LogP contribution in [0.4, 0.5) is 4.39 Å². The number of benzene rings is 1. The Morgan fingerprint density at radius 3 is 2.57 bits per heavy atom. The van der Waals surface area contributed by atoms with Crippen LogP contribution in [0.25, 0.3) is 0 Å². The summed E-state index contributed by atoms with van der Waals surface area (Å²) >= 11 is 4.53. The first-order valence-electron chi connectivity index (χ1n) is 6.31. The lowest BCUT2D eigenvalue weighted by Gasteiger charge is -2.25. The minimum Gasteiger partial charge on any atom is -0.207 e. The third-order valence-electron chi connectivity index (χ3n) is 2.97. The lowest BCUT2D eigenvalue weighted by molar-refractivity contribution is 0.350. The zero-order valence-electron chi connectivity index (χ0n) is 11.6. The van der Waals surface area contributed by atoms with Crippen molar-refractivity contribution in [3.63, 3.8) is 0 Å². The zero-order valence-corrected chi connectivity index (χ0v) is 14.8. The number of hydrogen-bond acceptors (Lipinski definition) is 3. The molecule has 0 unspecified atom stereocenters. The molecule has 21 heavy (non-hydrogen) atoms. The SMILES string of the molecule is CC(C)N(Cc1cccs1)S(=O)(=O)c1ccc(Br)c(F)c1. The van der Waals surface area contributed by atoms with Crippen LogP contribution in [0.3, 0.4) is 0 Å². The van der Waals surface area contributed by atoms with Crippen molar-refractivity contribution in [1.82, 2.24) is 4.31 Å². The quantitative estimate of drug-likeness (QED) is 0.763. The molecule has 1 aromatic carbocycles. The number of halogens is 2. The van der Waals surface area contributed by atoms with Crippen molar-refractivity contribution in [2.45, 2.75) is 31.3 Å². The number of thiophene rings is 1. The van der Waals surface area contributed by atoms with E-state index in [1.165, 1.54) is 27.8 Å². The van der Waals surface area contributed by atoms with Gasteiger partial charge in [-0.3, -0.25) is 0 Å². The van der Waals surface area contributed by atoms with Crippen molar-refractivity contribution in [2.75, 3.05) is 0 Å². The van der Waals surface area contributed by atoms with Gasteiger partial charge in [-0.2, -0.15) is 4.31 Å². The molecule has 0 aliphatic heterocycles. The molecule has 3 nitrogen and oxygen atoms in total. The van der Waals surface area contributed by atoms with Gasteiger partial charge >= 0.3 is 0 Å². The number of nitrogens with zero attached hydrogens (tertiary/aromatic N) is 1. The van der Waals surface area contributed by atoms with E-state index in [-0.39, 0.29) is 22.0 Å². The van der Waals surface area contributed by atoms with Crippen LogP contribution in [0.2, 0.25) is 0 Å². The van der Waals surface area contributed by atoms with Crippen LogP contribution < -0.4 is 0 Å². The molecule has 2 rings (SSSR count). The summed E-state index contributed by atoms with van der Waals surface area (Å²) in [7, 11) is -3.74. The van der Waals surface area contributed by atoms with Crippen LogP contribution in [0.5, 0.6) is 0 Å². The smallest absolute Gasteiger partial charge is 0.207 e. The van der Waals surface area contributed by atoms with E-state index in [0.29, 0.717) is 0 Å². The molecule has 0 radical (unpaired) electrons. The Labute approximate surface area is 136 Å². The van der Waals surface area contributed by atoms with Gasteiger partial charge in [0.05, 0.1) is 9.37 Å². The van der Waals surface area contributed by atoms with Crippen molar-refractivity contribution in [2.24, 2.45) is 0 Å².